The smallest absolute Gasteiger partial charge is 0.251 e. The first-order valence-electron chi connectivity index (χ1n) is 8.50. The molecule has 0 unspecified atom stereocenters. The summed E-state index contributed by atoms with van der Waals surface area (Å²) in [5.74, 6) is -0.0398. The quantitative estimate of drug-likeness (QED) is 0.702. The number of nitrogens with one attached hydrogen (secondary N) is 2. The Morgan fingerprint density at radius 3 is 2.81 bits per heavy atom. The third-order valence-electron chi connectivity index (χ3n) is 4.17. The highest BCUT2D eigenvalue weighted by Crippen LogP contribution is 2.36. The van der Waals surface area contributed by atoms with Crippen LogP contribution in [0.15, 0.2) is 35.9 Å². The number of amides is 1. The normalized spacial score (nSPS) is 12.8. The lowest BCUT2D eigenvalue weighted by atomic mass is 10.1. The van der Waals surface area contributed by atoms with Gasteiger partial charge >= 0.3 is 0 Å². The first-order chi connectivity index (χ1) is 12.9. The molecule has 0 atom stereocenters. The highest BCUT2D eigenvalue weighted by Gasteiger charge is 2.15. The van der Waals surface area contributed by atoms with Gasteiger partial charge < -0.3 is 15.4 Å². The Morgan fingerprint density at radius 2 is 2.04 bits per heavy atom. The van der Waals surface area contributed by atoms with Gasteiger partial charge in [-0.05, 0) is 48.4 Å². The molecule has 0 aliphatic carbocycles. The summed E-state index contributed by atoms with van der Waals surface area (Å²) in [6.45, 7) is 3.71. The Labute approximate surface area is 167 Å². The molecule has 0 radical (unpaired) electrons. The molecule has 1 aliphatic heterocycles. The minimum atomic E-state index is -0.384. The van der Waals surface area contributed by atoms with Crippen LogP contribution in [0.1, 0.15) is 21.5 Å². The maximum Gasteiger partial charge on any atom is 0.251 e. The maximum absolute atomic E-state index is 13.5. The molecule has 7 heteroatoms. The van der Waals surface area contributed by atoms with Crippen LogP contribution in [0, 0.1) is 12.7 Å². The number of fused-ring (bicyclic) bond motifs is 1. The van der Waals surface area contributed by atoms with Gasteiger partial charge in [0.05, 0.1) is 5.02 Å². The van der Waals surface area contributed by atoms with Crippen LogP contribution in [0.25, 0.3) is 6.08 Å². The van der Waals surface area contributed by atoms with Crippen LogP contribution in [0.4, 0.5) is 4.39 Å². The molecule has 2 aromatic rings. The number of ether oxygens (including phenoxy) is 1. The van der Waals surface area contributed by atoms with Crippen molar-refractivity contribution in [2.24, 2.45) is 0 Å². The summed E-state index contributed by atoms with van der Waals surface area (Å²) < 4.78 is 19.2. The van der Waals surface area contributed by atoms with E-state index in [1.165, 1.54) is 6.07 Å². The van der Waals surface area contributed by atoms with Crippen LogP contribution in [0.2, 0.25) is 10.0 Å². The molecule has 0 fully saturated rings. The van der Waals surface area contributed by atoms with Crippen molar-refractivity contribution in [1.29, 1.82) is 0 Å². The lowest BCUT2D eigenvalue weighted by Gasteiger charge is -2.19. The fourth-order valence-corrected chi connectivity index (χ4v) is 3.28. The van der Waals surface area contributed by atoms with Crippen LogP contribution >= 0.6 is 23.2 Å². The SMILES string of the molecule is Cc1ccc(C(=O)NCCNCC2=Cc3cc(Cl)cc(Cl)c3OC2)cc1F. The van der Waals surface area contributed by atoms with E-state index in [2.05, 4.69) is 10.6 Å². The zero-order valence-corrected chi connectivity index (χ0v) is 16.3. The average molecular weight is 409 g/mol. The minimum absolute atomic E-state index is 0.297. The monoisotopic (exact) mass is 408 g/mol. The van der Waals surface area contributed by atoms with E-state index in [0.29, 0.717) is 53.2 Å². The van der Waals surface area contributed by atoms with Crippen molar-refractivity contribution in [3.8, 4) is 5.75 Å². The maximum atomic E-state index is 13.5. The zero-order valence-electron chi connectivity index (χ0n) is 14.7. The molecule has 0 spiro atoms. The molecule has 1 heterocycles. The summed E-state index contributed by atoms with van der Waals surface area (Å²) in [5, 5.41) is 7.05. The van der Waals surface area contributed by atoms with Crippen molar-refractivity contribution >= 4 is 35.2 Å². The summed E-state index contributed by atoms with van der Waals surface area (Å²) in [4.78, 5) is 12.0. The van der Waals surface area contributed by atoms with Crippen LogP contribution in [0.3, 0.4) is 0 Å². The number of rotatable bonds is 6. The molecule has 3 rings (SSSR count). The second-order valence-corrected chi connectivity index (χ2v) is 7.14. The standard InChI is InChI=1S/C20H19Cl2FN2O2/c1-12-2-3-14(8-18(12)23)20(26)25-5-4-24-10-13-6-15-7-16(21)9-17(22)19(15)27-11-13/h2-3,6-9,24H,4-5,10-11H2,1H3,(H,25,26). The molecule has 2 N–H and O–H groups in total. The van der Waals surface area contributed by atoms with E-state index in [1.807, 2.05) is 12.1 Å². The Bertz CT molecular complexity index is 900. The highest BCUT2D eigenvalue weighted by molar-refractivity contribution is 6.36. The minimum Gasteiger partial charge on any atom is -0.487 e. The predicted octanol–water partition coefficient (Wildman–Crippen LogP) is 4.24. The molecule has 0 saturated carbocycles. The number of carbonyl (C=O) groups excluding carboxylic acids is 1. The summed E-state index contributed by atoms with van der Waals surface area (Å²) >= 11 is 12.1. The molecule has 0 saturated heterocycles. The summed E-state index contributed by atoms with van der Waals surface area (Å²) in [6.07, 6.45) is 2.00. The van der Waals surface area contributed by atoms with Crippen molar-refractivity contribution in [2.75, 3.05) is 26.2 Å². The first-order valence-corrected chi connectivity index (χ1v) is 9.26. The number of benzene rings is 2. The fourth-order valence-electron chi connectivity index (χ4n) is 2.72. The van der Waals surface area contributed by atoms with E-state index in [9.17, 15) is 9.18 Å². The third kappa shape index (κ3) is 5.01. The van der Waals surface area contributed by atoms with Gasteiger partial charge in [0.15, 0.2) is 0 Å². The molecule has 0 bridgehead atoms. The van der Waals surface area contributed by atoms with E-state index in [4.69, 9.17) is 27.9 Å². The zero-order chi connectivity index (χ0) is 19.4. The highest BCUT2D eigenvalue weighted by atomic mass is 35.5. The van der Waals surface area contributed by atoms with Gasteiger partial charge in [-0.25, -0.2) is 4.39 Å². The Morgan fingerprint density at radius 1 is 1.22 bits per heavy atom. The summed E-state index contributed by atoms with van der Waals surface area (Å²) in [6, 6.07) is 7.91. The van der Waals surface area contributed by atoms with Crippen LogP contribution in [-0.2, 0) is 0 Å². The van der Waals surface area contributed by atoms with Crippen LogP contribution < -0.4 is 15.4 Å². The topological polar surface area (TPSA) is 50.4 Å². The molecular weight excluding hydrogens is 390 g/mol. The van der Waals surface area contributed by atoms with Crippen molar-refractivity contribution in [3.63, 3.8) is 0 Å². The van der Waals surface area contributed by atoms with Gasteiger partial charge in [-0.2, -0.15) is 0 Å². The van der Waals surface area contributed by atoms with Gasteiger partial charge in [-0.3, -0.25) is 4.79 Å². The summed E-state index contributed by atoms with van der Waals surface area (Å²) in [7, 11) is 0. The Hall–Kier alpha value is -2.08. The predicted molar refractivity (Wildman–Crippen MR) is 106 cm³/mol. The van der Waals surface area contributed by atoms with E-state index < -0.39 is 0 Å². The molecule has 4 nitrogen and oxygen atoms in total. The summed E-state index contributed by atoms with van der Waals surface area (Å²) in [5.41, 5.74) is 2.73. The number of carbonyl (C=O) groups is 1. The lowest BCUT2D eigenvalue weighted by Crippen LogP contribution is -2.33. The van der Waals surface area contributed by atoms with Crippen molar-refractivity contribution < 1.29 is 13.9 Å². The van der Waals surface area contributed by atoms with Crippen molar-refractivity contribution in [1.82, 2.24) is 10.6 Å². The van der Waals surface area contributed by atoms with Crippen molar-refractivity contribution in [3.05, 3.63) is 68.5 Å². The molecular formula is C20H19Cl2FN2O2. The van der Waals surface area contributed by atoms with Gasteiger partial charge in [0, 0.05) is 35.8 Å². The van der Waals surface area contributed by atoms with Crippen molar-refractivity contribution in [2.45, 2.75) is 6.92 Å². The Balaban J connectivity index is 1.46. The largest absolute Gasteiger partial charge is 0.487 e. The third-order valence-corrected chi connectivity index (χ3v) is 4.67. The fraction of sp³-hybridized carbons (Fsp3) is 0.250. The first kappa shape index (κ1) is 19.7. The molecule has 1 aliphatic rings. The van der Waals surface area contributed by atoms with E-state index in [-0.39, 0.29) is 11.7 Å². The van der Waals surface area contributed by atoms with Crippen LogP contribution in [0.5, 0.6) is 5.75 Å². The molecule has 0 aromatic heterocycles. The number of halogens is 3. The van der Waals surface area contributed by atoms with Gasteiger partial charge in [-0.1, -0.05) is 29.3 Å². The van der Waals surface area contributed by atoms with Gasteiger partial charge in [-0.15, -0.1) is 0 Å². The van der Waals surface area contributed by atoms with E-state index >= 15 is 0 Å². The van der Waals surface area contributed by atoms with Gasteiger partial charge in [0.2, 0.25) is 0 Å². The second-order valence-electron chi connectivity index (χ2n) is 6.29. The average Bonchev–Trinajstić information content (AvgIpc) is 2.63. The molecule has 27 heavy (non-hydrogen) atoms. The number of hydrogen-bond acceptors (Lipinski definition) is 3. The Kier molecular flexibility index (Phi) is 6.37. The molecule has 2 aromatic carbocycles. The number of hydrogen-bond donors (Lipinski definition) is 2. The van der Waals surface area contributed by atoms with E-state index in [0.717, 1.165) is 11.1 Å². The molecule has 1 amide bonds. The van der Waals surface area contributed by atoms with Gasteiger partial charge in [0.1, 0.15) is 18.2 Å². The lowest BCUT2D eigenvalue weighted by molar-refractivity contribution is 0.0953. The second kappa shape index (κ2) is 8.74. The van der Waals surface area contributed by atoms with Gasteiger partial charge in [0.25, 0.3) is 5.91 Å². The molecule has 142 valence electrons. The van der Waals surface area contributed by atoms with E-state index in [1.54, 1.807) is 25.1 Å². The van der Waals surface area contributed by atoms with Crippen LogP contribution in [-0.4, -0.2) is 32.1 Å². The number of aryl methyl sites for hydroxylation is 1.